The van der Waals surface area contributed by atoms with Crippen molar-refractivity contribution in [3.05, 3.63) is 34.9 Å². The van der Waals surface area contributed by atoms with E-state index in [2.05, 4.69) is 11.4 Å². The van der Waals surface area contributed by atoms with Crippen LogP contribution in [0.15, 0.2) is 24.3 Å². The highest BCUT2D eigenvalue weighted by molar-refractivity contribution is 6.31. The second kappa shape index (κ2) is 4.81. The summed E-state index contributed by atoms with van der Waals surface area (Å²) < 4.78 is 0. The molecule has 1 saturated carbocycles. The van der Waals surface area contributed by atoms with Crippen molar-refractivity contribution in [2.45, 2.75) is 31.7 Å². The quantitative estimate of drug-likeness (QED) is 0.804. The third-order valence-electron chi connectivity index (χ3n) is 2.89. The lowest BCUT2D eigenvalue weighted by Gasteiger charge is -2.26. The van der Waals surface area contributed by atoms with Crippen LogP contribution in [-0.4, -0.2) is 12.6 Å². The first-order valence-electron chi connectivity index (χ1n) is 5.33. The van der Waals surface area contributed by atoms with Gasteiger partial charge in [-0.3, -0.25) is 0 Å². The van der Waals surface area contributed by atoms with Crippen molar-refractivity contribution in [1.29, 1.82) is 0 Å². The Kier molecular flexibility index (Phi) is 3.44. The predicted octanol–water partition coefficient (Wildman–Crippen LogP) is 3.02. The van der Waals surface area contributed by atoms with Crippen LogP contribution in [0.3, 0.4) is 0 Å². The van der Waals surface area contributed by atoms with Crippen LogP contribution in [0.2, 0.25) is 5.02 Å². The van der Waals surface area contributed by atoms with E-state index in [1.165, 1.54) is 24.8 Å². The fraction of sp³-hybridized carbons (Fsp3) is 0.500. The molecule has 0 unspecified atom stereocenters. The summed E-state index contributed by atoms with van der Waals surface area (Å²) in [5.74, 6) is 0. The van der Waals surface area contributed by atoms with E-state index in [0.717, 1.165) is 24.0 Å². The van der Waals surface area contributed by atoms with E-state index in [9.17, 15) is 0 Å². The van der Waals surface area contributed by atoms with Gasteiger partial charge in [0.2, 0.25) is 0 Å². The molecule has 2 heteroatoms. The summed E-state index contributed by atoms with van der Waals surface area (Å²) >= 11 is 6.06. The largest absolute Gasteiger partial charge is 0.314 e. The van der Waals surface area contributed by atoms with Crippen molar-refractivity contribution in [3.8, 4) is 0 Å². The monoisotopic (exact) mass is 209 g/mol. The molecule has 1 aromatic rings. The molecule has 76 valence electrons. The number of rotatable bonds is 4. The minimum Gasteiger partial charge on any atom is -0.314 e. The molecule has 0 heterocycles. The zero-order valence-corrected chi connectivity index (χ0v) is 9.06. The summed E-state index contributed by atoms with van der Waals surface area (Å²) in [6.07, 6.45) is 5.13. The molecule has 0 radical (unpaired) electrons. The average Bonchev–Trinajstić information content (AvgIpc) is 2.12. The van der Waals surface area contributed by atoms with E-state index in [1.807, 2.05) is 18.2 Å². The molecule has 14 heavy (non-hydrogen) atoms. The van der Waals surface area contributed by atoms with Gasteiger partial charge in [0.15, 0.2) is 0 Å². The van der Waals surface area contributed by atoms with Crippen molar-refractivity contribution in [3.63, 3.8) is 0 Å². The Bertz CT molecular complexity index is 294. The van der Waals surface area contributed by atoms with Crippen LogP contribution in [0.1, 0.15) is 24.8 Å². The molecule has 1 aliphatic carbocycles. The molecule has 1 fully saturated rings. The Labute approximate surface area is 90.5 Å². The van der Waals surface area contributed by atoms with Crippen LogP contribution >= 0.6 is 11.6 Å². The Balaban J connectivity index is 1.76. The van der Waals surface area contributed by atoms with E-state index < -0.39 is 0 Å². The molecule has 0 spiro atoms. The van der Waals surface area contributed by atoms with Gasteiger partial charge in [-0.2, -0.15) is 0 Å². The topological polar surface area (TPSA) is 12.0 Å². The summed E-state index contributed by atoms with van der Waals surface area (Å²) in [4.78, 5) is 0. The van der Waals surface area contributed by atoms with Gasteiger partial charge in [-0.25, -0.2) is 0 Å². The number of hydrogen-bond acceptors (Lipinski definition) is 1. The van der Waals surface area contributed by atoms with Crippen LogP contribution in [0.25, 0.3) is 0 Å². The zero-order chi connectivity index (χ0) is 9.80. The average molecular weight is 210 g/mol. The molecular weight excluding hydrogens is 194 g/mol. The van der Waals surface area contributed by atoms with E-state index in [1.54, 1.807) is 0 Å². The molecule has 1 aromatic carbocycles. The molecule has 0 aromatic heterocycles. The van der Waals surface area contributed by atoms with Crippen molar-refractivity contribution < 1.29 is 0 Å². The lowest BCUT2D eigenvalue weighted by molar-refractivity contribution is 0.342. The third kappa shape index (κ3) is 2.49. The fourth-order valence-corrected chi connectivity index (χ4v) is 1.95. The molecular formula is C12H16ClN. The summed E-state index contributed by atoms with van der Waals surface area (Å²) in [7, 11) is 0. The number of benzene rings is 1. The van der Waals surface area contributed by atoms with Gasteiger partial charge in [0.1, 0.15) is 0 Å². The van der Waals surface area contributed by atoms with Gasteiger partial charge >= 0.3 is 0 Å². The van der Waals surface area contributed by atoms with Gasteiger partial charge in [0.05, 0.1) is 0 Å². The first kappa shape index (κ1) is 10.0. The lowest BCUT2D eigenvalue weighted by atomic mass is 9.93. The Morgan fingerprint density at radius 3 is 2.71 bits per heavy atom. The summed E-state index contributed by atoms with van der Waals surface area (Å²) in [6.45, 7) is 1.05. The highest BCUT2D eigenvalue weighted by Crippen LogP contribution is 2.19. The van der Waals surface area contributed by atoms with E-state index in [-0.39, 0.29) is 0 Å². The molecule has 0 amide bonds. The van der Waals surface area contributed by atoms with Crippen LogP contribution in [0.5, 0.6) is 0 Å². The van der Waals surface area contributed by atoms with Crippen molar-refractivity contribution in [2.75, 3.05) is 6.54 Å². The standard InChI is InChI=1S/C12H16ClN/c13-12-7-2-1-4-10(12)8-9-14-11-5-3-6-11/h1-2,4,7,11,14H,3,5-6,8-9H2. The molecule has 2 rings (SSSR count). The zero-order valence-electron chi connectivity index (χ0n) is 8.30. The first-order valence-corrected chi connectivity index (χ1v) is 5.71. The normalized spacial score (nSPS) is 16.6. The van der Waals surface area contributed by atoms with Gasteiger partial charge in [-0.15, -0.1) is 0 Å². The van der Waals surface area contributed by atoms with Crippen LogP contribution in [0, 0.1) is 0 Å². The van der Waals surface area contributed by atoms with Crippen LogP contribution < -0.4 is 5.32 Å². The molecule has 0 bridgehead atoms. The molecule has 0 aliphatic heterocycles. The van der Waals surface area contributed by atoms with E-state index in [0.29, 0.717) is 0 Å². The summed E-state index contributed by atoms with van der Waals surface area (Å²) in [5, 5.41) is 4.43. The summed E-state index contributed by atoms with van der Waals surface area (Å²) in [5.41, 5.74) is 1.25. The number of halogens is 1. The highest BCUT2D eigenvalue weighted by Gasteiger charge is 2.15. The number of hydrogen-bond donors (Lipinski definition) is 1. The van der Waals surface area contributed by atoms with Gasteiger partial charge in [-0.1, -0.05) is 36.2 Å². The van der Waals surface area contributed by atoms with Crippen molar-refractivity contribution in [1.82, 2.24) is 5.32 Å². The third-order valence-corrected chi connectivity index (χ3v) is 3.26. The SMILES string of the molecule is Clc1ccccc1CCNC1CCC1. The predicted molar refractivity (Wildman–Crippen MR) is 60.8 cm³/mol. The number of nitrogens with one attached hydrogen (secondary N) is 1. The van der Waals surface area contributed by atoms with Gasteiger partial charge in [0, 0.05) is 11.1 Å². The molecule has 0 atom stereocenters. The van der Waals surface area contributed by atoms with Crippen LogP contribution in [-0.2, 0) is 6.42 Å². The molecule has 1 aliphatic rings. The Hall–Kier alpha value is -0.530. The second-order valence-electron chi connectivity index (χ2n) is 3.92. The smallest absolute Gasteiger partial charge is 0.0438 e. The van der Waals surface area contributed by atoms with Crippen LogP contribution in [0.4, 0.5) is 0 Å². The summed E-state index contributed by atoms with van der Waals surface area (Å²) in [6, 6.07) is 8.86. The maximum Gasteiger partial charge on any atom is 0.0438 e. The van der Waals surface area contributed by atoms with Gasteiger partial charge in [-0.05, 0) is 37.4 Å². The Morgan fingerprint density at radius 1 is 1.29 bits per heavy atom. The van der Waals surface area contributed by atoms with Gasteiger partial charge in [0.25, 0.3) is 0 Å². The minimum atomic E-state index is 0.775. The van der Waals surface area contributed by atoms with Crippen molar-refractivity contribution in [2.24, 2.45) is 0 Å². The van der Waals surface area contributed by atoms with Crippen molar-refractivity contribution >= 4 is 11.6 Å². The Morgan fingerprint density at radius 2 is 2.07 bits per heavy atom. The fourth-order valence-electron chi connectivity index (χ4n) is 1.72. The van der Waals surface area contributed by atoms with E-state index in [4.69, 9.17) is 11.6 Å². The first-order chi connectivity index (χ1) is 6.86. The second-order valence-corrected chi connectivity index (χ2v) is 4.33. The maximum absolute atomic E-state index is 6.06. The lowest BCUT2D eigenvalue weighted by Crippen LogP contribution is -2.36. The maximum atomic E-state index is 6.06. The van der Waals surface area contributed by atoms with Gasteiger partial charge < -0.3 is 5.32 Å². The highest BCUT2D eigenvalue weighted by atomic mass is 35.5. The minimum absolute atomic E-state index is 0.775. The van der Waals surface area contributed by atoms with E-state index >= 15 is 0 Å². The molecule has 0 saturated heterocycles. The molecule has 1 nitrogen and oxygen atoms in total. The molecule has 1 N–H and O–H groups in total.